The van der Waals surface area contributed by atoms with E-state index in [0.717, 1.165) is 9.88 Å². The van der Waals surface area contributed by atoms with E-state index >= 15 is 0 Å². The smallest absolute Gasteiger partial charge is 0.412 e. The van der Waals surface area contributed by atoms with Crippen LogP contribution in [-0.2, 0) is 4.74 Å². The van der Waals surface area contributed by atoms with Crippen LogP contribution < -0.4 is 5.32 Å². The maximum absolute atomic E-state index is 11.3. The lowest BCUT2D eigenvalue weighted by atomic mass is 10.2. The van der Waals surface area contributed by atoms with Crippen LogP contribution in [0.1, 0.15) is 25.6 Å². The Balaban J connectivity index is 2.50. The molecule has 0 saturated heterocycles. The van der Waals surface area contributed by atoms with E-state index in [2.05, 4.69) is 5.32 Å². The van der Waals surface area contributed by atoms with Gasteiger partial charge in [-0.2, -0.15) is 0 Å². The molecule has 0 aliphatic heterocycles. The summed E-state index contributed by atoms with van der Waals surface area (Å²) in [6.07, 6.45) is -0.403. The molecule has 1 amide bonds. The average Bonchev–Trinajstić information content (AvgIpc) is 2.30. The van der Waals surface area contributed by atoms with Crippen molar-refractivity contribution in [1.29, 1.82) is 0 Å². The minimum Gasteiger partial charge on any atom is -0.444 e. The van der Waals surface area contributed by atoms with Crippen molar-refractivity contribution in [2.24, 2.45) is 0 Å². The monoisotopic (exact) mass is 213 g/mol. The summed E-state index contributed by atoms with van der Waals surface area (Å²) in [5, 5.41) is 3.49. The maximum Gasteiger partial charge on any atom is 0.412 e. The molecule has 0 atom stereocenters. The Morgan fingerprint density at radius 3 is 2.50 bits per heavy atom. The van der Waals surface area contributed by atoms with Crippen molar-refractivity contribution in [3.05, 3.63) is 17.0 Å². The summed E-state index contributed by atoms with van der Waals surface area (Å²) >= 11 is 1.53. The van der Waals surface area contributed by atoms with Crippen LogP contribution in [0.25, 0.3) is 0 Å². The second-order valence-electron chi connectivity index (χ2n) is 4.04. The van der Waals surface area contributed by atoms with Gasteiger partial charge in [0.05, 0.1) is 5.00 Å². The van der Waals surface area contributed by atoms with E-state index in [-0.39, 0.29) is 0 Å². The zero-order valence-electron chi connectivity index (χ0n) is 8.88. The van der Waals surface area contributed by atoms with Gasteiger partial charge in [-0.05, 0) is 39.8 Å². The summed E-state index contributed by atoms with van der Waals surface area (Å²) in [6.45, 7) is 7.51. The molecule has 1 heterocycles. The number of hydrogen-bond donors (Lipinski definition) is 1. The summed E-state index contributed by atoms with van der Waals surface area (Å²) < 4.78 is 5.11. The molecule has 0 radical (unpaired) electrons. The molecule has 3 nitrogen and oxygen atoms in total. The van der Waals surface area contributed by atoms with E-state index < -0.39 is 11.7 Å². The van der Waals surface area contributed by atoms with E-state index in [1.807, 2.05) is 39.8 Å². The fourth-order valence-corrected chi connectivity index (χ4v) is 1.66. The third kappa shape index (κ3) is 3.79. The molecule has 0 saturated carbocycles. The molecular formula is C10H15NO2S. The van der Waals surface area contributed by atoms with Crippen molar-refractivity contribution in [1.82, 2.24) is 0 Å². The lowest BCUT2D eigenvalue weighted by Gasteiger charge is -2.19. The normalized spacial score (nSPS) is 11.1. The molecule has 1 aromatic rings. The molecule has 78 valence electrons. The highest BCUT2D eigenvalue weighted by molar-refractivity contribution is 7.16. The Hall–Kier alpha value is -1.03. The molecule has 0 aromatic carbocycles. The van der Waals surface area contributed by atoms with Crippen LogP contribution in [0.2, 0.25) is 0 Å². The van der Waals surface area contributed by atoms with Crippen LogP contribution in [0, 0.1) is 6.92 Å². The summed E-state index contributed by atoms with van der Waals surface area (Å²) in [5.74, 6) is 0. The van der Waals surface area contributed by atoms with Crippen LogP contribution in [0.4, 0.5) is 9.80 Å². The number of aryl methyl sites for hydroxylation is 1. The quantitative estimate of drug-likeness (QED) is 0.776. The highest BCUT2D eigenvalue weighted by atomic mass is 32.1. The van der Waals surface area contributed by atoms with Crippen LogP contribution >= 0.6 is 11.3 Å². The first-order valence-electron chi connectivity index (χ1n) is 4.43. The molecule has 0 spiro atoms. The van der Waals surface area contributed by atoms with Crippen LogP contribution in [0.15, 0.2) is 12.1 Å². The Labute approximate surface area is 88.1 Å². The summed E-state index contributed by atoms with van der Waals surface area (Å²) in [5.41, 5.74) is -0.448. The van der Waals surface area contributed by atoms with Gasteiger partial charge in [0.15, 0.2) is 0 Å². The Kier molecular flexibility index (Phi) is 3.16. The molecular weight excluding hydrogens is 198 g/mol. The van der Waals surface area contributed by atoms with E-state index in [4.69, 9.17) is 4.74 Å². The summed E-state index contributed by atoms with van der Waals surface area (Å²) in [6, 6.07) is 3.82. The molecule has 0 fully saturated rings. The summed E-state index contributed by atoms with van der Waals surface area (Å²) in [4.78, 5) is 12.5. The molecule has 4 heteroatoms. The third-order valence-corrected chi connectivity index (χ3v) is 2.28. The van der Waals surface area contributed by atoms with Gasteiger partial charge in [-0.25, -0.2) is 4.79 Å². The molecule has 0 aliphatic rings. The second kappa shape index (κ2) is 4.00. The highest BCUT2D eigenvalue weighted by Gasteiger charge is 2.16. The van der Waals surface area contributed by atoms with Gasteiger partial charge in [-0.15, -0.1) is 11.3 Å². The standard InChI is InChI=1S/C10H15NO2S/c1-7-5-6-8(14-7)11-9(12)13-10(2,3)4/h5-6H,1-4H3,(H,11,12). The predicted octanol–water partition coefficient (Wildman–Crippen LogP) is 3.40. The minimum atomic E-state index is -0.448. The third-order valence-electron chi connectivity index (χ3n) is 1.36. The fourth-order valence-electron chi connectivity index (χ4n) is 0.906. The molecule has 0 bridgehead atoms. The summed E-state index contributed by atoms with van der Waals surface area (Å²) in [7, 11) is 0. The van der Waals surface area contributed by atoms with E-state index in [9.17, 15) is 4.79 Å². The van der Waals surface area contributed by atoms with Gasteiger partial charge in [-0.3, -0.25) is 5.32 Å². The lowest BCUT2D eigenvalue weighted by molar-refractivity contribution is 0.0636. The Morgan fingerprint density at radius 2 is 2.07 bits per heavy atom. The zero-order chi connectivity index (χ0) is 10.8. The molecule has 0 unspecified atom stereocenters. The number of nitrogens with one attached hydrogen (secondary N) is 1. The topological polar surface area (TPSA) is 38.3 Å². The van der Waals surface area contributed by atoms with Gasteiger partial charge in [0.2, 0.25) is 0 Å². The first kappa shape index (κ1) is 11.0. The predicted molar refractivity (Wildman–Crippen MR) is 58.9 cm³/mol. The number of hydrogen-bond acceptors (Lipinski definition) is 3. The van der Waals surface area contributed by atoms with Crippen LogP contribution in [0.3, 0.4) is 0 Å². The number of amides is 1. The van der Waals surface area contributed by atoms with Gasteiger partial charge in [0, 0.05) is 4.88 Å². The number of ether oxygens (including phenoxy) is 1. The van der Waals surface area contributed by atoms with Gasteiger partial charge in [0.1, 0.15) is 5.60 Å². The zero-order valence-corrected chi connectivity index (χ0v) is 9.70. The Morgan fingerprint density at radius 1 is 1.43 bits per heavy atom. The number of thiophene rings is 1. The molecule has 1 aromatic heterocycles. The van der Waals surface area contributed by atoms with E-state index in [1.54, 1.807) is 0 Å². The van der Waals surface area contributed by atoms with E-state index in [0.29, 0.717) is 0 Å². The van der Waals surface area contributed by atoms with Crippen LogP contribution in [0.5, 0.6) is 0 Å². The second-order valence-corrected chi connectivity index (χ2v) is 5.33. The molecule has 1 rings (SSSR count). The number of carbonyl (C=O) groups excluding carboxylic acids is 1. The molecule has 1 N–H and O–H groups in total. The van der Waals surface area contributed by atoms with Gasteiger partial charge in [0.25, 0.3) is 0 Å². The van der Waals surface area contributed by atoms with E-state index in [1.165, 1.54) is 11.3 Å². The van der Waals surface area contributed by atoms with Crippen molar-refractivity contribution in [2.75, 3.05) is 5.32 Å². The fraction of sp³-hybridized carbons (Fsp3) is 0.500. The van der Waals surface area contributed by atoms with Gasteiger partial charge < -0.3 is 4.74 Å². The highest BCUT2D eigenvalue weighted by Crippen LogP contribution is 2.21. The number of anilines is 1. The number of carbonyl (C=O) groups is 1. The average molecular weight is 213 g/mol. The molecule has 0 aliphatic carbocycles. The molecule has 14 heavy (non-hydrogen) atoms. The number of rotatable bonds is 1. The first-order chi connectivity index (χ1) is 6.37. The minimum absolute atomic E-state index is 0.403. The Bertz CT molecular complexity index is 325. The van der Waals surface area contributed by atoms with Crippen molar-refractivity contribution in [2.45, 2.75) is 33.3 Å². The van der Waals surface area contributed by atoms with Crippen molar-refractivity contribution < 1.29 is 9.53 Å². The largest absolute Gasteiger partial charge is 0.444 e. The van der Waals surface area contributed by atoms with Crippen LogP contribution in [-0.4, -0.2) is 11.7 Å². The maximum atomic E-state index is 11.3. The SMILES string of the molecule is Cc1ccc(NC(=O)OC(C)(C)C)s1. The van der Waals surface area contributed by atoms with Crippen molar-refractivity contribution in [3.63, 3.8) is 0 Å². The lowest BCUT2D eigenvalue weighted by Crippen LogP contribution is -2.26. The van der Waals surface area contributed by atoms with Gasteiger partial charge >= 0.3 is 6.09 Å². The first-order valence-corrected chi connectivity index (χ1v) is 5.25. The van der Waals surface area contributed by atoms with Crippen molar-refractivity contribution in [3.8, 4) is 0 Å². The van der Waals surface area contributed by atoms with Crippen molar-refractivity contribution >= 4 is 22.4 Å². The van der Waals surface area contributed by atoms with Gasteiger partial charge in [-0.1, -0.05) is 0 Å².